The van der Waals surface area contributed by atoms with Gasteiger partial charge in [0.15, 0.2) is 5.79 Å². The van der Waals surface area contributed by atoms with E-state index in [2.05, 4.69) is 56.4 Å². The Labute approximate surface area is 178 Å². The van der Waals surface area contributed by atoms with Crippen LogP contribution < -0.4 is 0 Å². The van der Waals surface area contributed by atoms with Gasteiger partial charge in [0, 0.05) is 3.92 Å². The molecule has 1 saturated heterocycles. The SMILES string of the molecule is CC1=C(C2(C)OCCO2)[C@@]2(C)CC[C@H]3[C@@H](CC=C4C[C@@H](I)CC[C@@]43C)[C@@H]2C1. The third kappa shape index (κ3) is 2.63. The van der Waals surface area contributed by atoms with E-state index in [-0.39, 0.29) is 5.41 Å². The van der Waals surface area contributed by atoms with E-state index >= 15 is 0 Å². The zero-order valence-electron chi connectivity index (χ0n) is 17.4. The van der Waals surface area contributed by atoms with Crippen molar-refractivity contribution < 1.29 is 9.47 Å². The van der Waals surface area contributed by atoms with Crippen molar-refractivity contribution in [2.45, 2.75) is 82.4 Å². The Morgan fingerprint density at radius 3 is 2.41 bits per heavy atom. The van der Waals surface area contributed by atoms with Crippen molar-refractivity contribution in [3.63, 3.8) is 0 Å². The Hall–Kier alpha value is 0.130. The van der Waals surface area contributed by atoms with Crippen LogP contribution in [0.5, 0.6) is 0 Å². The number of hydrogen-bond acceptors (Lipinski definition) is 2. The maximum absolute atomic E-state index is 6.17. The fraction of sp³-hybridized carbons (Fsp3) is 0.833. The van der Waals surface area contributed by atoms with Crippen LogP contribution in [0.15, 0.2) is 22.8 Å². The smallest absolute Gasteiger partial charge is 0.188 e. The summed E-state index contributed by atoms with van der Waals surface area (Å²) in [6, 6.07) is 0. The largest absolute Gasteiger partial charge is 0.344 e. The highest BCUT2D eigenvalue weighted by Crippen LogP contribution is 2.67. The Balaban J connectivity index is 1.49. The Kier molecular flexibility index (Phi) is 4.47. The average Bonchev–Trinajstić information content (AvgIpc) is 3.16. The summed E-state index contributed by atoms with van der Waals surface area (Å²) in [5.74, 6) is 2.01. The van der Waals surface area contributed by atoms with E-state index in [0.717, 1.165) is 34.9 Å². The second kappa shape index (κ2) is 6.31. The first-order valence-corrected chi connectivity index (χ1v) is 12.3. The maximum atomic E-state index is 6.17. The van der Waals surface area contributed by atoms with E-state index in [4.69, 9.17) is 9.47 Å². The minimum Gasteiger partial charge on any atom is -0.344 e. The molecule has 0 amide bonds. The van der Waals surface area contributed by atoms with Crippen molar-refractivity contribution >= 4 is 22.6 Å². The molecule has 5 aliphatic rings. The summed E-state index contributed by atoms with van der Waals surface area (Å²) in [4.78, 5) is 0. The summed E-state index contributed by atoms with van der Waals surface area (Å²) in [6.07, 6.45) is 12.1. The van der Waals surface area contributed by atoms with Crippen LogP contribution in [0.25, 0.3) is 0 Å². The van der Waals surface area contributed by atoms with E-state index in [1.807, 2.05) is 0 Å². The lowest BCUT2D eigenvalue weighted by Gasteiger charge is -2.58. The Bertz CT molecular complexity index is 703. The van der Waals surface area contributed by atoms with Crippen LogP contribution in [0, 0.1) is 28.6 Å². The predicted octanol–water partition coefficient (Wildman–Crippen LogP) is 6.44. The molecular formula is C24H35IO2. The molecule has 2 nitrogen and oxygen atoms in total. The fourth-order valence-electron chi connectivity index (χ4n) is 8.11. The molecule has 3 fully saturated rings. The van der Waals surface area contributed by atoms with Gasteiger partial charge in [0.1, 0.15) is 0 Å². The summed E-state index contributed by atoms with van der Waals surface area (Å²) in [6.45, 7) is 11.2. The van der Waals surface area contributed by atoms with Gasteiger partial charge >= 0.3 is 0 Å². The molecule has 0 unspecified atom stereocenters. The number of halogens is 1. The number of ether oxygens (including phenoxy) is 2. The standard InChI is InChI=1S/C24H35IO2/c1-15-13-20-18-6-5-16-14-17(25)7-9-22(16,2)19(18)8-10-23(20,3)21(15)24(4)26-11-12-27-24/h5,17-20H,6-14H2,1-4H3/t17-,18+,19-,20-,22-,23-/m0/s1. The normalized spacial score (nSPS) is 48.7. The molecule has 27 heavy (non-hydrogen) atoms. The van der Waals surface area contributed by atoms with E-state index in [0.29, 0.717) is 5.41 Å². The first-order chi connectivity index (χ1) is 12.8. The number of alkyl halides is 1. The monoisotopic (exact) mass is 482 g/mol. The quantitative estimate of drug-likeness (QED) is 0.243. The van der Waals surface area contributed by atoms with Crippen LogP contribution in [-0.4, -0.2) is 22.9 Å². The fourth-order valence-corrected chi connectivity index (χ4v) is 8.89. The highest BCUT2D eigenvalue weighted by atomic mass is 127. The molecule has 0 bridgehead atoms. The molecule has 150 valence electrons. The van der Waals surface area contributed by atoms with E-state index in [9.17, 15) is 0 Å². The van der Waals surface area contributed by atoms with Crippen molar-refractivity contribution in [2.75, 3.05) is 13.2 Å². The molecule has 0 spiro atoms. The van der Waals surface area contributed by atoms with Crippen LogP contribution >= 0.6 is 22.6 Å². The minimum absolute atomic E-state index is 0.256. The van der Waals surface area contributed by atoms with E-state index in [1.165, 1.54) is 50.5 Å². The van der Waals surface area contributed by atoms with Crippen molar-refractivity contribution in [2.24, 2.45) is 28.6 Å². The van der Waals surface area contributed by atoms with Crippen LogP contribution in [0.1, 0.15) is 72.6 Å². The average molecular weight is 482 g/mol. The molecule has 1 aliphatic heterocycles. The molecule has 6 atom stereocenters. The van der Waals surface area contributed by atoms with Gasteiger partial charge in [-0.05, 0) is 93.0 Å². The Morgan fingerprint density at radius 2 is 1.67 bits per heavy atom. The molecule has 1 heterocycles. The number of allylic oxidation sites excluding steroid dienone is 3. The lowest BCUT2D eigenvalue weighted by molar-refractivity contribution is -0.131. The van der Waals surface area contributed by atoms with E-state index in [1.54, 1.807) is 11.1 Å². The predicted molar refractivity (Wildman–Crippen MR) is 118 cm³/mol. The van der Waals surface area contributed by atoms with Gasteiger partial charge in [-0.25, -0.2) is 0 Å². The minimum atomic E-state index is -0.473. The molecule has 0 aromatic heterocycles. The molecular weight excluding hydrogens is 447 g/mol. The zero-order chi connectivity index (χ0) is 19.0. The summed E-state index contributed by atoms with van der Waals surface area (Å²) in [5.41, 5.74) is 5.59. The lowest BCUT2D eigenvalue weighted by atomic mass is 9.47. The van der Waals surface area contributed by atoms with Crippen LogP contribution in [0.4, 0.5) is 0 Å². The molecule has 4 aliphatic carbocycles. The van der Waals surface area contributed by atoms with Gasteiger partial charge in [0.05, 0.1) is 13.2 Å². The summed E-state index contributed by atoms with van der Waals surface area (Å²) in [7, 11) is 0. The first kappa shape index (κ1) is 19.1. The lowest BCUT2D eigenvalue weighted by Crippen LogP contribution is -2.51. The van der Waals surface area contributed by atoms with Gasteiger partial charge in [-0.3, -0.25) is 0 Å². The number of rotatable bonds is 1. The summed E-state index contributed by atoms with van der Waals surface area (Å²) < 4.78 is 13.2. The van der Waals surface area contributed by atoms with Crippen LogP contribution in [-0.2, 0) is 9.47 Å². The van der Waals surface area contributed by atoms with Crippen molar-refractivity contribution in [1.29, 1.82) is 0 Å². The molecule has 0 aromatic carbocycles. The first-order valence-electron chi connectivity index (χ1n) is 11.1. The van der Waals surface area contributed by atoms with Crippen LogP contribution in [0.3, 0.4) is 0 Å². The number of fused-ring (bicyclic) bond motifs is 5. The van der Waals surface area contributed by atoms with Crippen molar-refractivity contribution in [3.05, 3.63) is 22.8 Å². The van der Waals surface area contributed by atoms with Gasteiger partial charge in [-0.1, -0.05) is 53.7 Å². The summed E-state index contributed by atoms with van der Waals surface area (Å²) in [5, 5.41) is 0. The zero-order valence-corrected chi connectivity index (χ0v) is 19.6. The topological polar surface area (TPSA) is 18.5 Å². The van der Waals surface area contributed by atoms with Gasteiger partial charge in [0.25, 0.3) is 0 Å². The third-order valence-electron chi connectivity index (χ3n) is 9.25. The van der Waals surface area contributed by atoms with Crippen molar-refractivity contribution in [1.82, 2.24) is 0 Å². The highest BCUT2D eigenvalue weighted by molar-refractivity contribution is 14.1. The number of hydrogen-bond donors (Lipinski definition) is 0. The third-order valence-corrected chi connectivity index (χ3v) is 10.3. The Morgan fingerprint density at radius 1 is 0.963 bits per heavy atom. The molecule has 0 aromatic rings. The van der Waals surface area contributed by atoms with Crippen molar-refractivity contribution in [3.8, 4) is 0 Å². The molecule has 0 radical (unpaired) electrons. The highest BCUT2D eigenvalue weighted by Gasteiger charge is 2.60. The van der Waals surface area contributed by atoms with Gasteiger partial charge in [-0.2, -0.15) is 0 Å². The van der Waals surface area contributed by atoms with E-state index < -0.39 is 5.79 Å². The molecule has 5 rings (SSSR count). The molecule has 3 heteroatoms. The molecule has 2 saturated carbocycles. The van der Waals surface area contributed by atoms with Crippen LogP contribution in [0.2, 0.25) is 0 Å². The van der Waals surface area contributed by atoms with Gasteiger partial charge in [0.2, 0.25) is 0 Å². The second-order valence-corrected chi connectivity index (χ2v) is 12.3. The maximum Gasteiger partial charge on any atom is 0.188 e. The van der Waals surface area contributed by atoms with Gasteiger partial charge in [-0.15, -0.1) is 0 Å². The molecule has 0 N–H and O–H groups in total. The second-order valence-electron chi connectivity index (χ2n) is 10.6. The van der Waals surface area contributed by atoms with Gasteiger partial charge < -0.3 is 9.47 Å². The summed E-state index contributed by atoms with van der Waals surface area (Å²) >= 11 is 2.68.